The van der Waals surface area contributed by atoms with Crippen LogP contribution in [0.15, 0.2) is 122 Å². The van der Waals surface area contributed by atoms with E-state index in [2.05, 4.69) is 135 Å². The van der Waals surface area contributed by atoms with Gasteiger partial charge in [0.05, 0.1) is 33.8 Å². The second-order valence-electron chi connectivity index (χ2n) is 22.2. The Balaban J connectivity index is 5.13. The molecule has 3 atom stereocenters. The summed E-state index contributed by atoms with van der Waals surface area (Å²) in [6.45, 7) is 6.57. The predicted octanol–water partition coefficient (Wildman–Crippen LogP) is 19.3. The summed E-state index contributed by atoms with van der Waals surface area (Å²) in [5.74, 6) is -0.572. The van der Waals surface area contributed by atoms with Crippen LogP contribution in [0.2, 0.25) is 0 Å². The maximum Gasteiger partial charge on any atom is 0.306 e. The van der Waals surface area contributed by atoms with E-state index >= 15 is 0 Å². The number of likely N-dealkylation sites (N-methyl/N-ethyl adjacent to an activating group) is 1. The summed E-state index contributed by atoms with van der Waals surface area (Å²) in [7, 11) is 1.15. The molecule has 0 bridgehead atoms. The molecular weight excluding hydrogens is 1000 g/mol. The molecule has 10 heteroatoms. The number of hydrogen-bond donors (Lipinski definition) is 1. The number of carbonyl (C=O) groups excluding carboxylic acids is 2. The summed E-state index contributed by atoms with van der Waals surface area (Å²) in [6.07, 6.45) is 80.3. The Kier molecular flexibility index (Phi) is 55.0. The molecule has 0 saturated carbocycles. The van der Waals surface area contributed by atoms with Crippen LogP contribution in [0.3, 0.4) is 0 Å². The molecule has 0 fully saturated rings. The highest BCUT2D eigenvalue weighted by Gasteiger charge is 2.27. The van der Waals surface area contributed by atoms with E-state index in [1.807, 2.05) is 33.3 Å². The lowest BCUT2D eigenvalue weighted by molar-refractivity contribution is -0.870. The Labute approximate surface area is 486 Å². The highest BCUT2D eigenvalue weighted by atomic mass is 31.2. The summed E-state index contributed by atoms with van der Waals surface area (Å²) in [4.78, 5) is 40.0. The van der Waals surface area contributed by atoms with Gasteiger partial charge in [-0.2, -0.15) is 0 Å². The zero-order valence-corrected chi connectivity index (χ0v) is 52.4. The minimum Gasteiger partial charge on any atom is -0.756 e. The van der Waals surface area contributed by atoms with E-state index in [0.717, 1.165) is 122 Å². The van der Waals surface area contributed by atoms with Gasteiger partial charge in [-0.1, -0.05) is 258 Å². The van der Waals surface area contributed by atoms with E-state index in [9.17, 15) is 19.0 Å². The molecule has 3 unspecified atom stereocenters. The molecule has 0 radical (unpaired) electrons. The molecule has 9 nitrogen and oxygen atoms in total. The van der Waals surface area contributed by atoms with Gasteiger partial charge in [0.1, 0.15) is 19.3 Å². The van der Waals surface area contributed by atoms with Crippen molar-refractivity contribution >= 4 is 19.7 Å². The molecule has 0 aliphatic heterocycles. The Morgan fingerprint density at radius 3 is 1.35 bits per heavy atom. The van der Waals surface area contributed by atoms with Gasteiger partial charge in [-0.3, -0.25) is 14.2 Å². The normalized spacial score (nSPS) is 14.5. The number of phosphoric acid groups is 1. The molecule has 0 aliphatic rings. The summed E-state index contributed by atoms with van der Waals surface area (Å²) >= 11 is 0. The van der Waals surface area contributed by atoms with Gasteiger partial charge in [-0.25, -0.2) is 0 Å². The van der Waals surface area contributed by atoms with Crippen LogP contribution in [0.4, 0.5) is 0 Å². The topological polar surface area (TPSA) is 114 Å². The van der Waals surface area contributed by atoms with Crippen LogP contribution in [0.25, 0.3) is 0 Å². The average Bonchev–Trinajstić information content (AvgIpc) is 3.41. The van der Waals surface area contributed by atoms with Crippen molar-refractivity contribution in [3.05, 3.63) is 122 Å². The zero-order valence-electron chi connectivity index (χ0n) is 51.5. The van der Waals surface area contributed by atoms with Crippen LogP contribution in [0.1, 0.15) is 252 Å². The Morgan fingerprint density at radius 1 is 0.468 bits per heavy atom. The van der Waals surface area contributed by atoms with Gasteiger partial charge in [-0.05, 0) is 102 Å². The third kappa shape index (κ3) is 58.9. The fourth-order valence-corrected chi connectivity index (χ4v) is 9.31. The van der Waals surface area contributed by atoms with Crippen LogP contribution >= 0.6 is 7.82 Å². The first kappa shape index (κ1) is 75.4. The standard InChI is InChI=1S/C69H119N2O7P/c1-7-10-13-16-19-22-25-27-29-30-31-32-33-34-35-36-37-38-39-40-42-43-46-49-52-55-58-61-68(72)70-66(65-77-79(74,75)76-64-63-71(4,5)6)67(60-57-54-51-48-45-24-21-18-15-12-9-3)78-69(73)62-59-56-53-50-47-44-41-28-26-23-20-17-14-11-8-2/h10-11,13-14,17,19-20,22-23,26-27,29,31-32,34-35,37-38,57,60,66-67H,7-9,12,15-16,18,21,24-25,28,30,33,36,39-56,58-59,61-65H2,1-6H3,(H-,70,72,74,75)/b13-10-,14-11+,20-17+,22-19-,26-23+,29-27-,32-31-,35-34-,38-37-,60-57-. The van der Waals surface area contributed by atoms with Gasteiger partial charge >= 0.3 is 5.97 Å². The molecule has 0 saturated heterocycles. The van der Waals surface area contributed by atoms with Crippen molar-refractivity contribution < 1.29 is 37.3 Å². The summed E-state index contributed by atoms with van der Waals surface area (Å²) < 4.78 is 30.3. The van der Waals surface area contributed by atoms with Gasteiger partial charge in [0.15, 0.2) is 0 Å². The number of carbonyl (C=O) groups is 2. The number of allylic oxidation sites excluding steroid dienone is 19. The average molecular weight is 1120 g/mol. The van der Waals surface area contributed by atoms with Crippen molar-refractivity contribution in [2.75, 3.05) is 40.9 Å². The first-order valence-corrected chi connectivity index (χ1v) is 33.3. The number of rotatable bonds is 56. The van der Waals surface area contributed by atoms with Crippen molar-refractivity contribution in [3.63, 3.8) is 0 Å². The Morgan fingerprint density at radius 2 is 0.873 bits per heavy atom. The first-order chi connectivity index (χ1) is 38.4. The minimum atomic E-state index is -4.71. The number of nitrogens with one attached hydrogen (secondary N) is 1. The maximum absolute atomic E-state index is 13.5. The van der Waals surface area contributed by atoms with Crippen molar-refractivity contribution in [2.24, 2.45) is 0 Å². The molecule has 0 aromatic rings. The molecule has 1 amide bonds. The quantitative estimate of drug-likeness (QED) is 0.0161. The van der Waals surface area contributed by atoms with Crippen molar-refractivity contribution in [2.45, 2.75) is 264 Å². The van der Waals surface area contributed by atoms with Crippen molar-refractivity contribution in [1.82, 2.24) is 5.32 Å². The number of quaternary nitrogens is 1. The molecule has 0 aromatic heterocycles. The minimum absolute atomic E-state index is 0.0325. The van der Waals surface area contributed by atoms with Crippen molar-refractivity contribution in [1.29, 1.82) is 0 Å². The molecule has 0 spiro atoms. The van der Waals surface area contributed by atoms with E-state index in [1.54, 1.807) is 0 Å². The summed E-state index contributed by atoms with van der Waals surface area (Å²) in [5, 5.41) is 3.02. The lowest BCUT2D eigenvalue weighted by atomic mass is 10.0. The van der Waals surface area contributed by atoms with E-state index < -0.39 is 26.6 Å². The molecule has 452 valence electrons. The third-order valence-electron chi connectivity index (χ3n) is 13.4. The van der Waals surface area contributed by atoms with Crippen LogP contribution < -0.4 is 10.2 Å². The summed E-state index contributed by atoms with van der Waals surface area (Å²) in [5.41, 5.74) is 0. The number of amides is 1. The highest BCUT2D eigenvalue weighted by molar-refractivity contribution is 7.45. The largest absolute Gasteiger partial charge is 0.756 e. The number of esters is 1. The van der Waals surface area contributed by atoms with Crippen molar-refractivity contribution in [3.8, 4) is 0 Å². The number of phosphoric ester groups is 1. The number of hydrogen-bond acceptors (Lipinski definition) is 7. The van der Waals surface area contributed by atoms with Gasteiger partial charge in [0.2, 0.25) is 5.91 Å². The van der Waals surface area contributed by atoms with Gasteiger partial charge in [-0.15, -0.1) is 0 Å². The third-order valence-corrected chi connectivity index (χ3v) is 14.4. The van der Waals surface area contributed by atoms with E-state index in [4.69, 9.17) is 13.8 Å². The van der Waals surface area contributed by atoms with E-state index in [1.165, 1.54) is 89.9 Å². The second-order valence-corrected chi connectivity index (χ2v) is 23.6. The van der Waals surface area contributed by atoms with Crippen LogP contribution in [0.5, 0.6) is 0 Å². The SMILES string of the molecule is CC/C=C\C/C=C\C/C=C\C/C=C\C/C=C\C/C=C\CCCCCCCCCCC(=O)NC(COP(=O)([O-])OCC[N+](C)(C)C)C(/C=C\CCCCCCCCCCC)OC(=O)CCCCCCCCC/C=C/C=C/C=C/CC. The lowest BCUT2D eigenvalue weighted by Crippen LogP contribution is -2.47. The number of ether oxygens (including phenoxy) is 1. The lowest BCUT2D eigenvalue weighted by Gasteiger charge is -2.30. The molecule has 0 aliphatic carbocycles. The molecule has 0 heterocycles. The fourth-order valence-electron chi connectivity index (χ4n) is 8.58. The molecule has 79 heavy (non-hydrogen) atoms. The van der Waals surface area contributed by atoms with Crippen LogP contribution in [-0.4, -0.2) is 69.4 Å². The fraction of sp³-hybridized carbons (Fsp3) is 0.681. The predicted molar refractivity (Wildman–Crippen MR) is 339 cm³/mol. The van der Waals surface area contributed by atoms with Crippen LogP contribution in [0, 0.1) is 0 Å². The van der Waals surface area contributed by atoms with Gasteiger partial charge in [0, 0.05) is 12.8 Å². The molecular formula is C69H119N2O7P. The van der Waals surface area contributed by atoms with Gasteiger partial charge in [0.25, 0.3) is 7.82 Å². The van der Waals surface area contributed by atoms with Crippen LogP contribution in [-0.2, 0) is 27.9 Å². The summed E-state index contributed by atoms with van der Waals surface area (Å²) in [6, 6.07) is -0.906. The Hall–Kier alpha value is -3.59. The maximum atomic E-state index is 13.5. The Bertz CT molecular complexity index is 1770. The van der Waals surface area contributed by atoms with Gasteiger partial charge < -0.3 is 28.5 Å². The molecule has 0 rings (SSSR count). The molecule has 1 N–H and O–H groups in total. The monoisotopic (exact) mass is 1120 g/mol. The zero-order chi connectivity index (χ0) is 57.9. The van der Waals surface area contributed by atoms with E-state index in [-0.39, 0.29) is 24.9 Å². The van der Waals surface area contributed by atoms with E-state index in [0.29, 0.717) is 23.9 Å². The first-order valence-electron chi connectivity index (χ1n) is 31.9. The molecule has 0 aromatic carbocycles. The second kappa shape index (κ2) is 57.6. The number of nitrogens with zero attached hydrogens (tertiary/aromatic N) is 1. The number of unbranched alkanes of at least 4 members (excludes halogenated alkanes) is 24. The smallest absolute Gasteiger partial charge is 0.306 e. The highest BCUT2D eigenvalue weighted by Crippen LogP contribution is 2.38.